The first-order valence-corrected chi connectivity index (χ1v) is 11.6. The van der Waals surface area contributed by atoms with Crippen LogP contribution in [0.15, 0.2) is 0 Å². The van der Waals surface area contributed by atoms with Crippen molar-refractivity contribution < 1.29 is 2.79 Å². The van der Waals surface area contributed by atoms with Crippen LogP contribution in [0.3, 0.4) is 0 Å². The van der Waals surface area contributed by atoms with Crippen molar-refractivity contribution in [2.24, 2.45) is 0 Å². The minimum absolute atomic E-state index is 0.428. The molecule has 0 heterocycles. The molecular formula is C8H22Ge2O. The zero-order chi connectivity index (χ0) is 8.36. The van der Waals surface area contributed by atoms with Crippen LogP contribution >= 0.6 is 0 Å². The topological polar surface area (TPSA) is 9.23 Å². The molecule has 0 radical (unpaired) electrons. The van der Waals surface area contributed by atoms with Gasteiger partial charge in [-0.3, -0.25) is 0 Å². The molecule has 0 aromatic heterocycles. The van der Waals surface area contributed by atoms with Gasteiger partial charge in [0, 0.05) is 0 Å². The van der Waals surface area contributed by atoms with Crippen molar-refractivity contribution in [3.05, 3.63) is 0 Å². The molecule has 0 aromatic carbocycles. The van der Waals surface area contributed by atoms with Gasteiger partial charge >= 0.3 is 84.4 Å². The molecule has 0 unspecified atom stereocenters. The standard InChI is InChI=1S/C8H22Ge2O/c1-3-5-7-9-11-10-8-6-4-2/h3-10H2,1-2H3. The maximum atomic E-state index is 5.81. The fraction of sp³-hybridized carbons (Fsp3) is 1.00. The molecule has 0 rings (SSSR count). The van der Waals surface area contributed by atoms with E-state index in [1.165, 1.54) is 36.2 Å². The second-order valence-electron chi connectivity index (χ2n) is 3.03. The zero-order valence-electron chi connectivity index (χ0n) is 8.07. The molecule has 11 heavy (non-hydrogen) atoms. The van der Waals surface area contributed by atoms with Crippen LogP contribution in [0.4, 0.5) is 0 Å². The normalized spacial score (nSPS) is 12.5. The number of rotatable bonds is 8. The average Bonchev–Trinajstić information content (AvgIpc) is 2.03. The van der Waals surface area contributed by atoms with Gasteiger partial charge in [0.05, 0.1) is 0 Å². The van der Waals surface area contributed by atoms with Gasteiger partial charge < -0.3 is 0 Å². The van der Waals surface area contributed by atoms with Crippen LogP contribution in [0, 0.1) is 0 Å². The van der Waals surface area contributed by atoms with E-state index >= 15 is 0 Å². The van der Waals surface area contributed by atoms with E-state index in [1.54, 1.807) is 0 Å². The van der Waals surface area contributed by atoms with E-state index < -0.39 is 31.5 Å². The summed E-state index contributed by atoms with van der Waals surface area (Å²) in [7, 11) is 0. The Morgan fingerprint density at radius 2 is 1.36 bits per heavy atom. The third-order valence-electron chi connectivity index (χ3n) is 1.78. The Morgan fingerprint density at radius 3 is 1.73 bits per heavy atom. The van der Waals surface area contributed by atoms with Crippen LogP contribution in [-0.4, -0.2) is 31.5 Å². The molecule has 0 aliphatic rings. The van der Waals surface area contributed by atoms with E-state index in [0.29, 0.717) is 0 Å². The van der Waals surface area contributed by atoms with Crippen molar-refractivity contribution in [2.75, 3.05) is 0 Å². The van der Waals surface area contributed by atoms with Crippen molar-refractivity contribution in [2.45, 2.75) is 50.0 Å². The second-order valence-corrected chi connectivity index (χ2v) is 13.0. The molecule has 0 saturated carbocycles. The summed E-state index contributed by atoms with van der Waals surface area (Å²) in [6.45, 7) is 4.53. The van der Waals surface area contributed by atoms with Crippen LogP contribution in [0.25, 0.3) is 0 Å². The van der Waals surface area contributed by atoms with Gasteiger partial charge in [-0.2, -0.15) is 0 Å². The predicted octanol–water partition coefficient (Wildman–Crippen LogP) is 1.61. The zero-order valence-corrected chi connectivity index (χ0v) is 14.0. The Balaban J connectivity index is 2.69. The molecule has 0 N–H and O–H groups in total. The molecule has 0 spiro atoms. The summed E-state index contributed by atoms with van der Waals surface area (Å²) in [5.74, 6) is 0. The Hall–Kier alpha value is 1.05. The summed E-state index contributed by atoms with van der Waals surface area (Å²) in [4.78, 5) is 0. The first-order valence-electron chi connectivity index (χ1n) is 4.99. The van der Waals surface area contributed by atoms with Gasteiger partial charge in [-0.15, -0.1) is 0 Å². The Kier molecular flexibility index (Phi) is 12.1. The average molecular weight is 279 g/mol. The van der Waals surface area contributed by atoms with Crippen molar-refractivity contribution in [3.8, 4) is 0 Å². The van der Waals surface area contributed by atoms with E-state index in [4.69, 9.17) is 2.79 Å². The van der Waals surface area contributed by atoms with Gasteiger partial charge in [-0.1, -0.05) is 0 Å². The summed E-state index contributed by atoms with van der Waals surface area (Å²) in [5.41, 5.74) is 0. The summed E-state index contributed by atoms with van der Waals surface area (Å²) < 4.78 is 5.81. The Morgan fingerprint density at radius 1 is 0.909 bits per heavy atom. The molecule has 68 valence electrons. The Bertz CT molecular complexity index is 61.1. The molecule has 0 bridgehead atoms. The van der Waals surface area contributed by atoms with E-state index in [-0.39, 0.29) is 0 Å². The van der Waals surface area contributed by atoms with Gasteiger partial charge in [-0.25, -0.2) is 0 Å². The van der Waals surface area contributed by atoms with E-state index in [2.05, 4.69) is 13.8 Å². The summed E-state index contributed by atoms with van der Waals surface area (Å²) >= 11 is -0.857. The Labute approximate surface area is 84.3 Å². The molecule has 0 saturated heterocycles. The second kappa shape index (κ2) is 11.0. The van der Waals surface area contributed by atoms with E-state index in [9.17, 15) is 0 Å². The van der Waals surface area contributed by atoms with Crippen LogP contribution < -0.4 is 0 Å². The van der Waals surface area contributed by atoms with Crippen LogP contribution in [-0.2, 0) is 2.79 Å². The number of hydrogen-bond acceptors (Lipinski definition) is 1. The minimum atomic E-state index is -0.428. The molecule has 0 fully saturated rings. The summed E-state index contributed by atoms with van der Waals surface area (Å²) in [6, 6.07) is 0. The molecule has 1 nitrogen and oxygen atoms in total. The third-order valence-corrected chi connectivity index (χ3v) is 12.6. The van der Waals surface area contributed by atoms with Gasteiger partial charge in [-0.05, 0) is 0 Å². The molecule has 0 aliphatic carbocycles. The maximum absolute atomic E-state index is 5.81. The molecule has 0 aromatic rings. The van der Waals surface area contributed by atoms with Gasteiger partial charge in [0.25, 0.3) is 0 Å². The molecule has 0 amide bonds. The first kappa shape index (κ1) is 12.0. The van der Waals surface area contributed by atoms with Crippen molar-refractivity contribution in [3.63, 3.8) is 0 Å². The predicted molar refractivity (Wildman–Crippen MR) is 57.6 cm³/mol. The number of unbranched alkanes of at least 4 members (excludes halogenated alkanes) is 2. The monoisotopic (exact) mass is 282 g/mol. The van der Waals surface area contributed by atoms with Crippen LogP contribution in [0.1, 0.15) is 39.5 Å². The molecular weight excluding hydrogens is 257 g/mol. The van der Waals surface area contributed by atoms with Crippen molar-refractivity contribution >= 4 is 31.5 Å². The quantitative estimate of drug-likeness (QED) is 0.484. The van der Waals surface area contributed by atoms with Gasteiger partial charge in [0.2, 0.25) is 0 Å². The first-order chi connectivity index (χ1) is 5.41. The van der Waals surface area contributed by atoms with Gasteiger partial charge in [0.1, 0.15) is 0 Å². The summed E-state index contributed by atoms with van der Waals surface area (Å²) in [6.07, 6.45) is 5.57. The molecule has 0 aliphatic heterocycles. The SMILES string of the molecule is CCC[CH2][GeH2][O][GeH2][CH2]CCC. The van der Waals surface area contributed by atoms with Gasteiger partial charge in [0.15, 0.2) is 0 Å². The van der Waals surface area contributed by atoms with Crippen LogP contribution in [0.5, 0.6) is 0 Å². The van der Waals surface area contributed by atoms with E-state index in [1.807, 2.05) is 0 Å². The fourth-order valence-corrected chi connectivity index (χ4v) is 11.9. The molecule has 0 atom stereocenters. The van der Waals surface area contributed by atoms with Crippen molar-refractivity contribution in [1.82, 2.24) is 0 Å². The summed E-state index contributed by atoms with van der Waals surface area (Å²) in [5, 5.41) is 2.95. The van der Waals surface area contributed by atoms with E-state index in [0.717, 1.165) is 0 Å². The molecule has 3 heteroatoms. The fourth-order valence-electron chi connectivity index (χ4n) is 1.01. The number of hydrogen-bond donors (Lipinski definition) is 0. The van der Waals surface area contributed by atoms with Crippen LogP contribution in [0.2, 0.25) is 10.5 Å². The third kappa shape index (κ3) is 11.0. The van der Waals surface area contributed by atoms with Crippen molar-refractivity contribution in [1.29, 1.82) is 0 Å².